The molecule has 0 unspecified atom stereocenters. The van der Waals surface area contributed by atoms with Crippen LogP contribution < -0.4 is 0 Å². The molecule has 10 rings (SSSR count). The van der Waals surface area contributed by atoms with Gasteiger partial charge in [-0.1, -0.05) is 109 Å². The molecule has 9 aromatic carbocycles. The van der Waals surface area contributed by atoms with Gasteiger partial charge in [-0.25, -0.2) is 9.98 Å². The van der Waals surface area contributed by atoms with Crippen molar-refractivity contribution in [2.24, 2.45) is 15.0 Å². The number of hydrogen-bond acceptors (Lipinski definition) is 1. The predicted octanol–water partition coefficient (Wildman–Crippen LogP) is 12.5. The highest BCUT2D eigenvalue weighted by Crippen LogP contribution is 2.52. The maximum absolute atomic E-state index is 4.31. The fourth-order valence-corrected chi connectivity index (χ4v) is 8.08. The largest absolute Gasteiger partial charge is 0.277 e. The van der Waals surface area contributed by atoms with Crippen LogP contribution in [0.1, 0.15) is 5.56 Å². The molecule has 0 atom stereocenters. The van der Waals surface area contributed by atoms with Crippen LogP contribution in [0.15, 0.2) is 167 Å². The van der Waals surface area contributed by atoms with Crippen molar-refractivity contribution in [3.05, 3.63) is 157 Å². The zero-order chi connectivity index (χ0) is 34.1. The molecule has 1 aliphatic rings. The Labute approximate surface area is 295 Å². The van der Waals surface area contributed by atoms with E-state index in [1.165, 1.54) is 93.9 Å². The molecule has 0 fully saturated rings. The molecule has 0 bridgehead atoms. The molecule has 0 spiro atoms. The van der Waals surface area contributed by atoms with E-state index in [4.69, 9.17) is 0 Å². The van der Waals surface area contributed by atoms with Crippen LogP contribution in [-0.4, -0.2) is 25.9 Å². The lowest BCUT2D eigenvalue weighted by Gasteiger charge is -2.14. The number of fused-ring (bicyclic) bond motifs is 8. The monoisotopic (exact) mass is 649 g/mol. The highest BCUT2D eigenvalue weighted by molar-refractivity contribution is 6.28. The minimum Gasteiger partial charge on any atom is -0.277 e. The Morgan fingerprint density at radius 2 is 0.980 bits per heavy atom. The average Bonchev–Trinajstić information content (AvgIpc) is 3.49. The summed E-state index contributed by atoms with van der Waals surface area (Å²) in [5.74, 6) is 0.560. The molecule has 0 N–H and O–H groups in total. The van der Waals surface area contributed by atoms with Crippen LogP contribution in [0.4, 0.5) is 0 Å². The first kappa shape index (κ1) is 29.2. The summed E-state index contributed by atoms with van der Waals surface area (Å²) in [6, 6.07) is 55.9. The molecule has 3 nitrogen and oxygen atoms in total. The normalized spacial score (nSPS) is 12.5. The summed E-state index contributed by atoms with van der Waals surface area (Å²) >= 11 is 0. The fraction of sp³-hybridized carbons (Fsp3) is 0.0208. The molecular formula is C48H31N3. The smallest absolute Gasteiger partial charge is 0.160 e. The van der Waals surface area contributed by atoms with E-state index in [9.17, 15) is 0 Å². The first-order valence-electron chi connectivity index (χ1n) is 17.2. The van der Waals surface area contributed by atoms with Crippen LogP contribution in [0.25, 0.3) is 98.4 Å². The molecule has 0 radical (unpaired) electrons. The second-order valence-electron chi connectivity index (χ2n) is 13.3. The van der Waals surface area contributed by atoms with E-state index in [2.05, 4.69) is 167 Å². The van der Waals surface area contributed by atoms with Crippen LogP contribution in [-0.2, 0) is 0 Å². The van der Waals surface area contributed by atoms with Gasteiger partial charge in [-0.3, -0.25) is 4.99 Å². The van der Waals surface area contributed by atoms with Crippen molar-refractivity contribution in [2.75, 3.05) is 7.05 Å². The quantitative estimate of drug-likeness (QED) is 0.103. The van der Waals surface area contributed by atoms with E-state index in [0.717, 1.165) is 16.3 Å². The first-order chi connectivity index (χ1) is 25.2. The Bertz CT molecular complexity index is 3000. The zero-order valence-electron chi connectivity index (χ0n) is 28.1. The Morgan fingerprint density at radius 3 is 1.67 bits per heavy atom. The second-order valence-corrected chi connectivity index (χ2v) is 13.3. The molecule has 51 heavy (non-hydrogen) atoms. The van der Waals surface area contributed by atoms with Gasteiger partial charge in [0.15, 0.2) is 5.84 Å². The minimum atomic E-state index is 0.560. The standard InChI is InChI=1S/C48H31N3/c1-49-28-51-48(50-2)39-18-16-34-22-32(12-14-36(34)24-39)31-11-13-35-23-38(17-15-33(35)21-31)41-19-20-42-43-25-29-7-3-4-8-30(29)26-44(43)45-27-37-9-5-6-10-40(37)46(41)47(42)45/h3-28H,2H2,1H3. The molecule has 0 aromatic heterocycles. The average molecular weight is 650 g/mol. The van der Waals surface area contributed by atoms with Crippen molar-refractivity contribution in [1.29, 1.82) is 0 Å². The van der Waals surface area contributed by atoms with Gasteiger partial charge in [0.25, 0.3) is 0 Å². The summed E-state index contributed by atoms with van der Waals surface area (Å²) < 4.78 is 0. The van der Waals surface area contributed by atoms with Gasteiger partial charge in [-0.05, 0) is 148 Å². The van der Waals surface area contributed by atoms with Gasteiger partial charge in [-0.2, -0.15) is 0 Å². The van der Waals surface area contributed by atoms with Crippen molar-refractivity contribution in [1.82, 2.24) is 0 Å². The highest BCUT2D eigenvalue weighted by atomic mass is 14.9. The Balaban J connectivity index is 1.07. The van der Waals surface area contributed by atoms with Crippen molar-refractivity contribution in [3.8, 4) is 44.5 Å². The summed E-state index contributed by atoms with van der Waals surface area (Å²) in [5.41, 5.74) is 11.1. The molecule has 0 saturated carbocycles. The van der Waals surface area contributed by atoms with Crippen molar-refractivity contribution in [3.63, 3.8) is 0 Å². The van der Waals surface area contributed by atoms with Crippen LogP contribution in [0.3, 0.4) is 0 Å². The van der Waals surface area contributed by atoms with Gasteiger partial charge in [0.05, 0.1) is 0 Å². The third-order valence-corrected chi connectivity index (χ3v) is 10.5. The van der Waals surface area contributed by atoms with Crippen molar-refractivity contribution >= 4 is 72.8 Å². The van der Waals surface area contributed by atoms with Gasteiger partial charge in [0.1, 0.15) is 6.34 Å². The lowest BCUT2D eigenvalue weighted by Crippen LogP contribution is -1.97. The molecule has 0 saturated heterocycles. The minimum absolute atomic E-state index is 0.560. The van der Waals surface area contributed by atoms with E-state index >= 15 is 0 Å². The molecule has 1 aliphatic carbocycles. The van der Waals surface area contributed by atoms with Gasteiger partial charge < -0.3 is 0 Å². The van der Waals surface area contributed by atoms with E-state index in [1.54, 1.807) is 7.05 Å². The number of hydrogen-bond donors (Lipinski definition) is 0. The topological polar surface area (TPSA) is 37.1 Å². The summed E-state index contributed by atoms with van der Waals surface area (Å²) in [7, 11) is 1.69. The summed E-state index contributed by atoms with van der Waals surface area (Å²) in [6.07, 6.45) is 1.49. The number of nitrogens with zero attached hydrogens (tertiary/aromatic N) is 3. The molecule has 0 amide bonds. The van der Waals surface area contributed by atoms with E-state index in [-0.39, 0.29) is 0 Å². The molecule has 238 valence electrons. The fourth-order valence-electron chi connectivity index (χ4n) is 8.08. The first-order valence-corrected chi connectivity index (χ1v) is 17.2. The maximum atomic E-state index is 4.31. The Hall–Kier alpha value is -6.71. The molecule has 0 aliphatic heterocycles. The molecule has 9 aromatic rings. The summed E-state index contributed by atoms with van der Waals surface area (Å²) in [4.78, 5) is 12.3. The van der Waals surface area contributed by atoms with Gasteiger partial charge in [0.2, 0.25) is 0 Å². The SMILES string of the molecule is C=NC(=NC=NC)c1ccc2cc(-c3ccc4cc(-c5ccc6c7c(cc8ccccc8c57)-c5cc7ccccc7cc5-6)ccc4c3)ccc2c1. The second kappa shape index (κ2) is 11.4. The van der Waals surface area contributed by atoms with Crippen LogP contribution in [0.2, 0.25) is 0 Å². The molecule has 0 heterocycles. The maximum Gasteiger partial charge on any atom is 0.160 e. The zero-order valence-corrected chi connectivity index (χ0v) is 28.1. The number of aliphatic imine (C=N–C) groups is 3. The summed E-state index contributed by atoms with van der Waals surface area (Å²) in [5, 5.41) is 12.5. The van der Waals surface area contributed by atoms with Gasteiger partial charge in [-0.15, -0.1) is 0 Å². The summed E-state index contributed by atoms with van der Waals surface area (Å²) in [6.45, 7) is 3.68. The lowest BCUT2D eigenvalue weighted by atomic mass is 9.89. The Morgan fingerprint density at radius 1 is 0.451 bits per heavy atom. The van der Waals surface area contributed by atoms with Crippen molar-refractivity contribution < 1.29 is 0 Å². The number of rotatable bonds is 4. The predicted molar refractivity (Wildman–Crippen MR) is 220 cm³/mol. The number of benzene rings is 9. The third kappa shape index (κ3) is 4.63. The highest BCUT2D eigenvalue weighted by Gasteiger charge is 2.25. The van der Waals surface area contributed by atoms with E-state index in [1.807, 2.05) is 6.07 Å². The number of amidine groups is 1. The van der Waals surface area contributed by atoms with E-state index < -0.39 is 0 Å². The van der Waals surface area contributed by atoms with Gasteiger partial charge >= 0.3 is 0 Å². The van der Waals surface area contributed by atoms with E-state index in [0.29, 0.717) is 5.84 Å². The van der Waals surface area contributed by atoms with Crippen molar-refractivity contribution in [2.45, 2.75) is 0 Å². The molecular weight excluding hydrogens is 619 g/mol. The third-order valence-electron chi connectivity index (χ3n) is 10.5. The van der Waals surface area contributed by atoms with Crippen LogP contribution >= 0.6 is 0 Å². The van der Waals surface area contributed by atoms with Gasteiger partial charge in [0, 0.05) is 12.6 Å². The molecule has 3 heteroatoms. The lowest BCUT2D eigenvalue weighted by molar-refractivity contribution is 1.43. The van der Waals surface area contributed by atoms with Crippen LogP contribution in [0, 0.1) is 0 Å². The van der Waals surface area contributed by atoms with Crippen LogP contribution in [0.5, 0.6) is 0 Å². The Kier molecular flexibility index (Phi) is 6.55.